The Kier molecular flexibility index (Phi) is 6.38. The minimum absolute atomic E-state index is 0.0288. The largest absolute Gasteiger partial charge is 0.497 e. The summed E-state index contributed by atoms with van der Waals surface area (Å²) in [6, 6.07) is 14.7. The van der Waals surface area contributed by atoms with Crippen molar-refractivity contribution >= 4 is 22.5 Å². The summed E-state index contributed by atoms with van der Waals surface area (Å²) in [6.07, 6.45) is 1.80. The van der Waals surface area contributed by atoms with Crippen LogP contribution < -0.4 is 10.1 Å². The maximum Gasteiger partial charge on any atom is 0.235 e. The van der Waals surface area contributed by atoms with Crippen molar-refractivity contribution in [3.63, 3.8) is 0 Å². The van der Waals surface area contributed by atoms with Crippen LogP contribution in [-0.4, -0.2) is 41.2 Å². The Morgan fingerprint density at radius 1 is 1.05 bits per heavy atom. The van der Waals surface area contributed by atoms with Gasteiger partial charge in [-0.15, -0.1) is 0 Å². The second-order valence-electron chi connectivity index (χ2n) is 10.6. The number of aromatic nitrogens is 2. The molecule has 1 aliphatic heterocycles. The van der Waals surface area contributed by atoms with Crippen molar-refractivity contribution < 1.29 is 18.3 Å². The molecule has 0 saturated heterocycles. The molecule has 2 N–H and O–H groups in total. The van der Waals surface area contributed by atoms with E-state index in [0.717, 1.165) is 58.7 Å². The molecule has 1 saturated carbocycles. The highest BCUT2D eigenvalue weighted by molar-refractivity contribution is 6.10. The SMILES string of the molecule is CCN(CC)Cc1c(F)cc(CCc2[nH]nc3cc([C@@H]4C[C@@]45C(=O)Nc4ccc(OC)cc45)ccc23)cc1F. The van der Waals surface area contributed by atoms with Gasteiger partial charge in [-0.1, -0.05) is 26.0 Å². The van der Waals surface area contributed by atoms with E-state index in [1.54, 1.807) is 7.11 Å². The number of H-pyrrole nitrogens is 1. The fraction of sp³-hybridized carbons (Fsp3) is 0.355. The molecule has 2 heterocycles. The normalized spacial score (nSPS) is 19.6. The number of nitrogens with one attached hydrogen (secondary N) is 2. The molecule has 4 aromatic rings. The topological polar surface area (TPSA) is 70.2 Å². The van der Waals surface area contributed by atoms with E-state index in [1.807, 2.05) is 49.1 Å². The summed E-state index contributed by atoms with van der Waals surface area (Å²) >= 11 is 0. The first-order valence-electron chi connectivity index (χ1n) is 13.5. The molecule has 6 nitrogen and oxygen atoms in total. The molecule has 2 aliphatic rings. The number of carbonyl (C=O) groups excluding carboxylic acids is 1. The van der Waals surface area contributed by atoms with Gasteiger partial charge in [0.1, 0.15) is 17.4 Å². The van der Waals surface area contributed by atoms with E-state index in [2.05, 4.69) is 21.6 Å². The molecule has 202 valence electrons. The molecule has 1 spiro atoms. The highest BCUT2D eigenvalue weighted by Crippen LogP contribution is 2.65. The second kappa shape index (κ2) is 9.75. The first-order valence-corrected chi connectivity index (χ1v) is 13.5. The van der Waals surface area contributed by atoms with E-state index in [4.69, 9.17) is 4.74 Å². The minimum Gasteiger partial charge on any atom is -0.497 e. The molecule has 39 heavy (non-hydrogen) atoms. The maximum absolute atomic E-state index is 14.8. The van der Waals surface area contributed by atoms with Gasteiger partial charge in [-0.25, -0.2) is 8.78 Å². The molecule has 1 aromatic heterocycles. The summed E-state index contributed by atoms with van der Waals surface area (Å²) in [5, 5.41) is 11.6. The third-order valence-corrected chi connectivity index (χ3v) is 8.52. The first kappa shape index (κ1) is 25.5. The Morgan fingerprint density at radius 3 is 2.54 bits per heavy atom. The smallest absolute Gasteiger partial charge is 0.235 e. The molecule has 0 bridgehead atoms. The van der Waals surface area contributed by atoms with Gasteiger partial charge < -0.3 is 10.1 Å². The number of benzene rings is 3. The van der Waals surface area contributed by atoms with Crippen LogP contribution in [0.25, 0.3) is 10.9 Å². The molecule has 2 atom stereocenters. The van der Waals surface area contributed by atoms with Gasteiger partial charge in [-0.2, -0.15) is 5.10 Å². The lowest BCUT2D eigenvalue weighted by Crippen LogP contribution is -2.23. The predicted octanol–water partition coefficient (Wildman–Crippen LogP) is 5.85. The van der Waals surface area contributed by atoms with Crippen molar-refractivity contribution in [2.75, 3.05) is 25.5 Å². The van der Waals surface area contributed by atoms with Crippen LogP contribution in [0.4, 0.5) is 14.5 Å². The van der Waals surface area contributed by atoms with Gasteiger partial charge in [-0.05, 0) is 85.4 Å². The number of nitrogens with zero attached hydrogens (tertiary/aromatic N) is 2. The van der Waals surface area contributed by atoms with Gasteiger partial charge in [0, 0.05) is 34.8 Å². The fourth-order valence-corrected chi connectivity index (χ4v) is 6.08. The second-order valence-corrected chi connectivity index (χ2v) is 10.6. The number of aromatic amines is 1. The number of hydrogen-bond acceptors (Lipinski definition) is 4. The number of ether oxygens (including phenoxy) is 1. The third kappa shape index (κ3) is 4.27. The number of aryl methyl sites for hydroxylation is 2. The van der Waals surface area contributed by atoms with Crippen LogP contribution in [0.1, 0.15) is 54.1 Å². The predicted molar refractivity (Wildman–Crippen MR) is 147 cm³/mol. The molecule has 1 amide bonds. The first-order chi connectivity index (χ1) is 18.9. The maximum atomic E-state index is 14.8. The van der Waals surface area contributed by atoms with E-state index in [1.165, 1.54) is 12.1 Å². The van der Waals surface area contributed by atoms with Crippen molar-refractivity contribution in [3.05, 3.63) is 88.1 Å². The highest BCUT2D eigenvalue weighted by Gasteiger charge is 2.65. The number of halogens is 2. The van der Waals surface area contributed by atoms with E-state index >= 15 is 0 Å². The summed E-state index contributed by atoms with van der Waals surface area (Å²) in [7, 11) is 1.63. The lowest BCUT2D eigenvalue weighted by atomic mass is 9.91. The van der Waals surface area contributed by atoms with Crippen molar-refractivity contribution in [2.45, 2.75) is 51.0 Å². The molecule has 0 unspecified atom stereocenters. The zero-order valence-electron chi connectivity index (χ0n) is 22.4. The van der Waals surface area contributed by atoms with Gasteiger partial charge in [0.2, 0.25) is 5.91 Å². The average Bonchev–Trinajstić information content (AvgIpc) is 3.48. The van der Waals surface area contributed by atoms with Crippen LogP contribution in [-0.2, 0) is 29.6 Å². The Labute approximate surface area is 226 Å². The summed E-state index contributed by atoms with van der Waals surface area (Å²) in [5.74, 6) is -0.160. The van der Waals surface area contributed by atoms with E-state index < -0.39 is 17.0 Å². The Hall–Kier alpha value is -3.78. The number of anilines is 1. The Bertz CT molecular complexity index is 1560. The Morgan fingerprint density at radius 2 is 1.82 bits per heavy atom. The summed E-state index contributed by atoms with van der Waals surface area (Å²) in [4.78, 5) is 15.0. The third-order valence-electron chi connectivity index (χ3n) is 8.52. The summed E-state index contributed by atoms with van der Waals surface area (Å²) in [6.45, 7) is 5.71. The molecule has 6 rings (SSSR count). The number of fused-ring (bicyclic) bond motifs is 3. The molecular weight excluding hydrogens is 498 g/mol. The lowest BCUT2D eigenvalue weighted by molar-refractivity contribution is -0.118. The molecule has 8 heteroatoms. The minimum atomic E-state index is -0.567. The number of amides is 1. The quantitative estimate of drug-likeness (QED) is 0.285. The van der Waals surface area contributed by atoms with Gasteiger partial charge in [0.05, 0.1) is 18.0 Å². The van der Waals surface area contributed by atoms with Crippen LogP contribution in [0.3, 0.4) is 0 Å². The van der Waals surface area contributed by atoms with Gasteiger partial charge >= 0.3 is 0 Å². The lowest BCUT2D eigenvalue weighted by Gasteiger charge is -2.19. The number of hydrogen-bond donors (Lipinski definition) is 2. The molecule has 3 aromatic carbocycles. The van der Waals surface area contributed by atoms with Crippen LogP contribution in [0, 0.1) is 11.6 Å². The molecule has 1 fully saturated rings. The van der Waals surface area contributed by atoms with Crippen molar-refractivity contribution in [1.29, 1.82) is 0 Å². The van der Waals surface area contributed by atoms with Crippen LogP contribution in [0.15, 0.2) is 48.5 Å². The molecule has 1 aliphatic carbocycles. The highest BCUT2D eigenvalue weighted by atomic mass is 19.1. The van der Waals surface area contributed by atoms with Crippen molar-refractivity contribution in [2.24, 2.45) is 0 Å². The zero-order chi connectivity index (χ0) is 27.3. The van der Waals surface area contributed by atoms with Crippen molar-refractivity contribution in [3.8, 4) is 5.75 Å². The molecular formula is C31H32F2N4O2. The van der Waals surface area contributed by atoms with Crippen LogP contribution in [0.5, 0.6) is 5.75 Å². The van der Waals surface area contributed by atoms with E-state index in [0.29, 0.717) is 18.4 Å². The average molecular weight is 531 g/mol. The number of methoxy groups -OCH3 is 1. The van der Waals surface area contributed by atoms with Gasteiger partial charge in [0.15, 0.2) is 0 Å². The zero-order valence-corrected chi connectivity index (χ0v) is 22.4. The Balaban J connectivity index is 1.19. The van der Waals surface area contributed by atoms with Gasteiger partial charge in [0.25, 0.3) is 0 Å². The number of carbonyl (C=O) groups is 1. The van der Waals surface area contributed by atoms with E-state index in [9.17, 15) is 13.6 Å². The van der Waals surface area contributed by atoms with Gasteiger partial charge in [-0.3, -0.25) is 14.8 Å². The standard InChI is InChI=1S/C31H32F2N4O2/c1-4-37(5-2)17-22-25(32)12-18(13-26(22)33)6-10-27-21-9-7-19(14-29(21)36-35-27)24-16-31(24)23-15-20(39-3)8-11-28(23)34-30(31)38/h7-9,11-15,24H,4-6,10,16-17H2,1-3H3,(H,34,38)(H,35,36)/t24-,31-/m0/s1. The monoisotopic (exact) mass is 530 g/mol. The number of rotatable bonds is 9. The van der Waals surface area contributed by atoms with E-state index in [-0.39, 0.29) is 23.9 Å². The molecule has 0 radical (unpaired) electrons. The summed E-state index contributed by atoms with van der Waals surface area (Å²) in [5.41, 5.74) is 4.82. The van der Waals surface area contributed by atoms with Crippen molar-refractivity contribution in [1.82, 2.24) is 15.1 Å². The summed E-state index contributed by atoms with van der Waals surface area (Å²) < 4.78 is 34.9. The van der Waals surface area contributed by atoms with Crippen LogP contribution in [0.2, 0.25) is 0 Å². The fourth-order valence-electron chi connectivity index (χ4n) is 6.08. The van der Waals surface area contributed by atoms with Crippen LogP contribution >= 0.6 is 0 Å².